The van der Waals surface area contributed by atoms with E-state index in [9.17, 15) is 19.2 Å². The minimum atomic E-state index is -1.52. The van der Waals surface area contributed by atoms with E-state index in [0.717, 1.165) is 47.1 Å². The number of ether oxygens (including phenoxy) is 8. The Morgan fingerprint density at radius 1 is 0.818 bits per heavy atom. The van der Waals surface area contributed by atoms with E-state index in [0.29, 0.717) is 12.8 Å². The molecule has 1 saturated carbocycles. The van der Waals surface area contributed by atoms with Crippen LogP contribution >= 0.6 is 0 Å². The van der Waals surface area contributed by atoms with E-state index >= 15 is 0 Å². The molecule has 1 aliphatic carbocycles. The van der Waals surface area contributed by atoms with E-state index in [-0.39, 0.29) is 6.61 Å². The second kappa shape index (κ2) is 10.8. The van der Waals surface area contributed by atoms with Crippen LogP contribution in [-0.2, 0) is 57.1 Å². The largest absolute Gasteiger partial charge is 0.467 e. The Labute approximate surface area is 191 Å². The number of hydrogen-bond acceptors (Lipinski definition) is 12. The molecule has 6 atom stereocenters. The molecule has 0 bridgehead atoms. The molecule has 2 heterocycles. The maximum Gasteiger partial charge on any atom is 0.339 e. The molecule has 0 aromatic heterocycles. The van der Waals surface area contributed by atoms with Crippen LogP contribution in [0.15, 0.2) is 0 Å². The van der Waals surface area contributed by atoms with Crippen molar-refractivity contribution in [1.82, 2.24) is 0 Å². The molecule has 2 saturated heterocycles. The zero-order chi connectivity index (χ0) is 24.2. The van der Waals surface area contributed by atoms with Gasteiger partial charge in [-0.25, -0.2) is 4.79 Å². The van der Waals surface area contributed by atoms with Crippen LogP contribution in [-0.4, -0.2) is 80.4 Å². The molecule has 33 heavy (non-hydrogen) atoms. The average molecular weight is 474 g/mol. The van der Waals surface area contributed by atoms with Crippen LogP contribution in [0.4, 0.5) is 0 Å². The number of rotatable bonds is 6. The molecule has 2 aliphatic heterocycles. The van der Waals surface area contributed by atoms with Gasteiger partial charge in [-0.1, -0.05) is 6.42 Å². The maximum absolute atomic E-state index is 12.4. The quantitative estimate of drug-likeness (QED) is 0.395. The van der Waals surface area contributed by atoms with Gasteiger partial charge in [0.25, 0.3) is 0 Å². The fourth-order valence-corrected chi connectivity index (χ4v) is 4.29. The van der Waals surface area contributed by atoms with Crippen molar-refractivity contribution < 1.29 is 57.1 Å². The Balaban J connectivity index is 1.87. The highest BCUT2D eigenvalue weighted by molar-refractivity contribution is 5.77. The molecular weight excluding hydrogens is 444 g/mol. The highest BCUT2D eigenvalue weighted by Gasteiger charge is 2.56. The van der Waals surface area contributed by atoms with Crippen molar-refractivity contribution >= 4 is 23.9 Å². The van der Waals surface area contributed by atoms with Gasteiger partial charge >= 0.3 is 23.9 Å². The highest BCUT2D eigenvalue weighted by Crippen LogP contribution is 2.39. The van der Waals surface area contributed by atoms with Crippen molar-refractivity contribution in [1.29, 1.82) is 0 Å². The van der Waals surface area contributed by atoms with Crippen LogP contribution < -0.4 is 0 Å². The first-order chi connectivity index (χ1) is 15.6. The Hall–Kier alpha value is -2.28. The van der Waals surface area contributed by atoms with E-state index < -0.39 is 66.7 Å². The van der Waals surface area contributed by atoms with Crippen LogP contribution in [0.1, 0.15) is 52.9 Å². The van der Waals surface area contributed by atoms with Gasteiger partial charge in [0, 0.05) is 33.6 Å². The number of methoxy groups -OCH3 is 1. The lowest BCUT2D eigenvalue weighted by Crippen LogP contribution is -2.64. The van der Waals surface area contributed by atoms with E-state index in [1.807, 2.05) is 0 Å². The molecule has 12 heteroatoms. The monoisotopic (exact) mass is 474 g/mol. The molecule has 0 amide bonds. The zero-order valence-corrected chi connectivity index (χ0v) is 19.1. The second-order valence-electron chi connectivity index (χ2n) is 8.14. The van der Waals surface area contributed by atoms with Gasteiger partial charge in [-0.3, -0.25) is 14.4 Å². The lowest BCUT2D eigenvalue weighted by atomic mass is 9.94. The van der Waals surface area contributed by atoms with Gasteiger partial charge in [-0.05, 0) is 12.8 Å². The fraction of sp³-hybridized carbons (Fsp3) is 0.810. The normalized spacial score (nSPS) is 33.2. The van der Waals surface area contributed by atoms with Crippen LogP contribution in [0.5, 0.6) is 0 Å². The summed E-state index contributed by atoms with van der Waals surface area (Å²) in [5.74, 6) is -3.94. The Morgan fingerprint density at radius 2 is 1.39 bits per heavy atom. The van der Waals surface area contributed by atoms with Crippen molar-refractivity contribution in [2.45, 2.75) is 95.7 Å². The summed E-state index contributed by atoms with van der Waals surface area (Å²) in [6, 6.07) is 0. The summed E-state index contributed by atoms with van der Waals surface area (Å²) in [7, 11) is 1.12. The van der Waals surface area contributed by atoms with Gasteiger partial charge in [-0.15, -0.1) is 0 Å². The van der Waals surface area contributed by atoms with Gasteiger partial charge < -0.3 is 37.9 Å². The van der Waals surface area contributed by atoms with Crippen molar-refractivity contribution in [2.24, 2.45) is 0 Å². The van der Waals surface area contributed by atoms with Crippen molar-refractivity contribution in [3.05, 3.63) is 0 Å². The minimum absolute atomic E-state index is 0.0845. The van der Waals surface area contributed by atoms with E-state index in [1.165, 1.54) is 0 Å². The molecule has 0 aromatic carbocycles. The Bertz CT molecular complexity index is 746. The molecule has 0 N–H and O–H groups in total. The van der Waals surface area contributed by atoms with Crippen LogP contribution in [0.25, 0.3) is 0 Å². The van der Waals surface area contributed by atoms with Crippen molar-refractivity contribution in [3.8, 4) is 0 Å². The molecule has 1 unspecified atom stereocenters. The Morgan fingerprint density at radius 3 is 1.97 bits per heavy atom. The van der Waals surface area contributed by atoms with Gasteiger partial charge in [0.2, 0.25) is 6.29 Å². The summed E-state index contributed by atoms with van der Waals surface area (Å²) < 4.78 is 44.1. The average Bonchev–Trinajstić information content (AvgIpc) is 3.12. The number of carbonyl (C=O) groups excluding carboxylic acids is 4. The molecule has 3 fully saturated rings. The van der Waals surface area contributed by atoms with Gasteiger partial charge in [0.1, 0.15) is 6.61 Å². The van der Waals surface area contributed by atoms with Crippen LogP contribution in [0, 0.1) is 0 Å². The van der Waals surface area contributed by atoms with Gasteiger partial charge in [0.05, 0.1) is 7.11 Å². The minimum Gasteiger partial charge on any atom is -0.467 e. The molecule has 0 aromatic rings. The second-order valence-corrected chi connectivity index (χ2v) is 8.14. The van der Waals surface area contributed by atoms with Crippen molar-refractivity contribution in [3.63, 3.8) is 0 Å². The number of hydrogen-bond donors (Lipinski definition) is 0. The van der Waals surface area contributed by atoms with E-state index in [4.69, 9.17) is 37.9 Å². The SMILES string of the molecule is COC(=O)[C@H]1O[C@@H](OC2COC3(CCCCC3)O2)[C@H](OC(C)=O)[C@@H](OC(C)=O)[C@@H]1OC(C)=O. The molecule has 12 nitrogen and oxygen atoms in total. The summed E-state index contributed by atoms with van der Waals surface area (Å²) >= 11 is 0. The predicted octanol–water partition coefficient (Wildman–Crippen LogP) is 0.729. The van der Waals surface area contributed by atoms with Crippen molar-refractivity contribution in [2.75, 3.05) is 13.7 Å². The summed E-state index contributed by atoms with van der Waals surface area (Å²) in [4.78, 5) is 47.8. The molecule has 0 radical (unpaired) electrons. The van der Waals surface area contributed by atoms with E-state index in [2.05, 4.69) is 0 Å². The van der Waals surface area contributed by atoms with Crippen LogP contribution in [0.2, 0.25) is 0 Å². The standard InChI is InChI=1S/C21H30O12/c1-11(22)28-15-16(29-12(2)23)18(30-13(3)24)20(32-17(15)19(25)26-4)31-14-10-27-21(33-14)8-6-5-7-9-21/h14-18,20H,5-10H2,1-4H3/t14?,15-,16-,17-,18+,20+/m0/s1. The van der Waals surface area contributed by atoms with E-state index in [1.54, 1.807) is 0 Å². The van der Waals surface area contributed by atoms with Gasteiger partial charge in [0.15, 0.2) is 36.5 Å². The topological polar surface area (TPSA) is 142 Å². The molecular formula is C21H30O12. The smallest absolute Gasteiger partial charge is 0.339 e. The number of esters is 4. The number of carbonyl (C=O) groups is 4. The maximum atomic E-state index is 12.4. The third kappa shape index (κ3) is 6.19. The fourth-order valence-electron chi connectivity index (χ4n) is 4.29. The summed E-state index contributed by atoms with van der Waals surface area (Å²) in [5, 5.41) is 0. The zero-order valence-electron chi connectivity index (χ0n) is 19.1. The highest BCUT2D eigenvalue weighted by atomic mass is 16.9. The molecule has 1 spiro atoms. The van der Waals surface area contributed by atoms with Gasteiger partial charge in [-0.2, -0.15) is 0 Å². The molecule has 3 rings (SSSR count). The first-order valence-electron chi connectivity index (χ1n) is 10.9. The molecule has 3 aliphatic rings. The Kier molecular flexibility index (Phi) is 8.27. The summed E-state index contributed by atoms with van der Waals surface area (Å²) in [6.45, 7) is 3.45. The molecule has 186 valence electrons. The first-order valence-corrected chi connectivity index (χ1v) is 10.9. The third-order valence-corrected chi connectivity index (χ3v) is 5.56. The summed E-state index contributed by atoms with van der Waals surface area (Å²) in [6.07, 6.45) is -3.66. The predicted molar refractivity (Wildman–Crippen MR) is 105 cm³/mol. The summed E-state index contributed by atoms with van der Waals surface area (Å²) in [5.41, 5.74) is 0. The lowest BCUT2D eigenvalue weighted by molar-refractivity contribution is -0.336. The lowest BCUT2D eigenvalue weighted by Gasteiger charge is -2.43. The first kappa shape index (κ1) is 25.3. The third-order valence-electron chi connectivity index (χ3n) is 5.56. The van der Waals surface area contributed by atoms with Crippen LogP contribution in [0.3, 0.4) is 0 Å².